The minimum Gasteiger partial charge on any atom is -0.321 e. The molecule has 0 fully saturated rings. The highest BCUT2D eigenvalue weighted by Crippen LogP contribution is 2.27. The van der Waals surface area contributed by atoms with Crippen molar-refractivity contribution in [3.05, 3.63) is 67.9 Å². The second-order valence-electron chi connectivity index (χ2n) is 4.31. The van der Waals surface area contributed by atoms with E-state index < -0.39 is 22.3 Å². The summed E-state index contributed by atoms with van der Waals surface area (Å²) < 4.78 is 13.8. The molecule has 0 atom stereocenters. The number of nitro benzene ring substituents is 1. The van der Waals surface area contributed by atoms with Crippen LogP contribution in [-0.4, -0.2) is 10.8 Å². The van der Waals surface area contributed by atoms with Gasteiger partial charge in [-0.15, -0.1) is 0 Å². The Kier molecular flexibility index (Phi) is 4.32. The van der Waals surface area contributed by atoms with Gasteiger partial charge in [0.05, 0.1) is 16.7 Å². The molecular weight excluding hydrogens is 343 g/mol. The zero-order valence-corrected chi connectivity index (χ0v) is 12.5. The van der Waals surface area contributed by atoms with E-state index in [0.29, 0.717) is 10.2 Å². The number of halogens is 2. The topological polar surface area (TPSA) is 72.2 Å². The highest BCUT2D eigenvalue weighted by atomic mass is 79.9. The zero-order valence-electron chi connectivity index (χ0n) is 10.9. The summed E-state index contributed by atoms with van der Waals surface area (Å²) in [6, 6.07) is 8.07. The zero-order chi connectivity index (χ0) is 15.6. The van der Waals surface area contributed by atoms with Crippen LogP contribution in [0.4, 0.5) is 15.8 Å². The maximum Gasteiger partial charge on any atom is 0.285 e. The van der Waals surface area contributed by atoms with E-state index in [0.717, 1.165) is 23.8 Å². The fourth-order valence-electron chi connectivity index (χ4n) is 1.78. The van der Waals surface area contributed by atoms with E-state index in [4.69, 9.17) is 0 Å². The van der Waals surface area contributed by atoms with Crippen molar-refractivity contribution in [3.8, 4) is 0 Å². The number of hydrogen-bond acceptors (Lipinski definition) is 3. The molecule has 0 heterocycles. The number of nitro groups is 1. The third kappa shape index (κ3) is 3.25. The van der Waals surface area contributed by atoms with E-state index in [-0.39, 0.29) is 5.56 Å². The Morgan fingerprint density at radius 1 is 1.33 bits per heavy atom. The van der Waals surface area contributed by atoms with Gasteiger partial charge in [-0.1, -0.05) is 12.1 Å². The van der Waals surface area contributed by atoms with E-state index in [9.17, 15) is 19.3 Å². The third-order valence-corrected chi connectivity index (χ3v) is 3.89. The molecular formula is C14H10BrFN2O3. The van der Waals surface area contributed by atoms with E-state index in [2.05, 4.69) is 21.2 Å². The lowest BCUT2D eigenvalue weighted by molar-refractivity contribution is -0.385. The van der Waals surface area contributed by atoms with Crippen LogP contribution < -0.4 is 5.32 Å². The molecule has 0 saturated heterocycles. The molecule has 2 rings (SSSR count). The SMILES string of the molecule is Cc1cccc(NC(=O)c2ccc(F)cc2[N+](=O)[O-])c1Br. The Balaban J connectivity index is 2.37. The number of anilines is 1. The largest absolute Gasteiger partial charge is 0.321 e. The molecule has 1 N–H and O–H groups in total. The van der Waals surface area contributed by atoms with E-state index in [1.54, 1.807) is 12.1 Å². The van der Waals surface area contributed by atoms with Crippen LogP contribution in [-0.2, 0) is 0 Å². The summed E-state index contributed by atoms with van der Waals surface area (Å²) in [6.07, 6.45) is 0. The average Bonchev–Trinajstić information content (AvgIpc) is 2.43. The number of nitrogens with one attached hydrogen (secondary N) is 1. The van der Waals surface area contributed by atoms with Gasteiger partial charge in [0.1, 0.15) is 11.4 Å². The molecule has 2 aromatic rings. The summed E-state index contributed by atoms with van der Waals surface area (Å²) in [6.45, 7) is 1.85. The van der Waals surface area contributed by atoms with Gasteiger partial charge in [0.15, 0.2) is 0 Å². The maximum atomic E-state index is 13.1. The Labute approximate surface area is 128 Å². The number of carbonyl (C=O) groups excluding carboxylic acids is 1. The molecule has 0 aliphatic heterocycles. The van der Waals surface area contributed by atoms with Crippen molar-refractivity contribution in [2.24, 2.45) is 0 Å². The number of rotatable bonds is 3. The predicted octanol–water partition coefficient (Wildman–Crippen LogP) is 4.06. The molecule has 1 amide bonds. The second kappa shape index (κ2) is 6.01. The lowest BCUT2D eigenvalue weighted by Gasteiger charge is -2.09. The first-order valence-corrected chi connectivity index (χ1v) is 6.70. The molecule has 2 aromatic carbocycles. The molecule has 0 unspecified atom stereocenters. The van der Waals surface area contributed by atoms with Crippen molar-refractivity contribution < 1.29 is 14.1 Å². The van der Waals surface area contributed by atoms with Crippen molar-refractivity contribution in [1.82, 2.24) is 0 Å². The molecule has 0 bridgehead atoms. The molecule has 21 heavy (non-hydrogen) atoms. The minimum atomic E-state index is -0.788. The lowest BCUT2D eigenvalue weighted by atomic mass is 10.1. The second-order valence-corrected chi connectivity index (χ2v) is 5.10. The third-order valence-electron chi connectivity index (χ3n) is 2.84. The van der Waals surface area contributed by atoms with Crippen LogP contribution in [0.2, 0.25) is 0 Å². The number of benzene rings is 2. The highest BCUT2D eigenvalue weighted by molar-refractivity contribution is 9.10. The van der Waals surface area contributed by atoms with Gasteiger partial charge in [0.25, 0.3) is 11.6 Å². The smallest absolute Gasteiger partial charge is 0.285 e. The standard InChI is InChI=1S/C14H10BrFN2O3/c1-8-3-2-4-11(13(8)15)17-14(19)10-6-5-9(16)7-12(10)18(20)21/h2-7H,1H3,(H,17,19). The van der Waals surface area contributed by atoms with Crippen molar-refractivity contribution in [2.45, 2.75) is 6.92 Å². The normalized spacial score (nSPS) is 10.2. The van der Waals surface area contributed by atoms with Crippen LogP contribution in [0.3, 0.4) is 0 Å². The average molecular weight is 353 g/mol. The van der Waals surface area contributed by atoms with Gasteiger partial charge in [0, 0.05) is 4.47 Å². The fourth-order valence-corrected chi connectivity index (χ4v) is 2.14. The molecule has 7 heteroatoms. The summed E-state index contributed by atoms with van der Waals surface area (Å²) in [7, 11) is 0. The van der Waals surface area contributed by atoms with Crippen LogP contribution >= 0.6 is 15.9 Å². The summed E-state index contributed by atoms with van der Waals surface area (Å²) in [5, 5.41) is 13.5. The number of carbonyl (C=O) groups is 1. The lowest BCUT2D eigenvalue weighted by Crippen LogP contribution is -2.14. The molecule has 108 valence electrons. The first kappa shape index (κ1) is 15.1. The Morgan fingerprint density at radius 3 is 2.71 bits per heavy atom. The first-order valence-electron chi connectivity index (χ1n) is 5.90. The highest BCUT2D eigenvalue weighted by Gasteiger charge is 2.21. The van der Waals surface area contributed by atoms with E-state index >= 15 is 0 Å². The van der Waals surface area contributed by atoms with Gasteiger partial charge in [-0.2, -0.15) is 0 Å². The fraction of sp³-hybridized carbons (Fsp3) is 0.0714. The summed E-state index contributed by atoms with van der Waals surface area (Å²) >= 11 is 3.33. The number of amides is 1. The van der Waals surface area contributed by atoms with Crippen LogP contribution in [0, 0.1) is 22.9 Å². The molecule has 5 nitrogen and oxygen atoms in total. The molecule has 0 radical (unpaired) electrons. The maximum absolute atomic E-state index is 13.1. The Hall–Kier alpha value is -2.28. The number of aryl methyl sites for hydroxylation is 1. The Bertz CT molecular complexity index is 734. The molecule has 0 aliphatic carbocycles. The predicted molar refractivity (Wildman–Crippen MR) is 79.9 cm³/mol. The van der Waals surface area contributed by atoms with Gasteiger partial charge in [0.2, 0.25) is 0 Å². The summed E-state index contributed by atoms with van der Waals surface area (Å²) in [5.41, 5.74) is 0.617. The molecule has 0 spiro atoms. The number of nitrogens with zero attached hydrogens (tertiary/aromatic N) is 1. The van der Waals surface area contributed by atoms with Gasteiger partial charge >= 0.3 is 0 Å². The van der Waals surface area contributed by atoms with Crippen molar-refractivity contribution in [1.29, 1.82) is 0 Å². The van der Waals surface area contributed by atoms with Crippen molar-refractivity contribution in [3.63, 3.8) is 0 Å². The van der Waals surface area contributed by atoms with Gasteiger partial charge < -0.3 is 5.32 Å². The monoisotopic (exact) mass is 352 g/mol. The van der Waals surface area contributed by atoms with Crippen LogP contribution in [0.5, 0.6) is 0 Å². The summed E-state index contributed by atoms with van der Waals surface area (Å²) in [5.74, 6) is -1.44. The minimum absolute atomic E-state index is 0.199. The molecule has 0 aromatic heterocycles. The van der Waals surface area contributed by atoms with Crippen LogP contribution in [0.1, 0.15) is 15.9 Å². The number of hydrogen-bond donors (Lipinski definition) is 1. The van der Waals surface area contributed by atoms with Gasteiger partial charge in [-0.25, -0.2) is 4.39 Å². The van der Waals surface area contributed by atoms with Crippen molar-refractivity contribution >= 4 is 33.2 Å². The summed E-state index contributed by atoms with van der Waals surface area (Å²) in [4.78, 5) is 22.3. The van der Waals surface area contributed by atoms with Crippen molar-refractivity contribution in [2.75, 3.05) is 5.32 Å². The Morgan fingerprint density at radius 2 is 2.05 bits per heavy atom. The van der Waals surface area contributed by atoms with Crippen LogP contribution in [0.25, 0.3) is 0 Å². The van der Waals surface area contributed by atoms with E-state index in [1.165, 1.54) is 0 Å². The van der Waals surface area contributed by atoms with Crippen LogP contribution in [0.15, 0.2) is 40.9 Å². The van der Waals surface area contributed by atoms with Gasteiger partial charge in [-0.3, -0.25) is 14.9 Å². The van der Waals surface area contributed by atoms with Gasteiger partial charge in [-0.05, 0) is 46.6 Å². The molecule has 0 aliphatic rings. The quantitative estimate of drug-likeness (QED) is 0.668. The molecule has 0 saturated carbocycles. The first-order chi connectivity index (χ1) is 9.90. The van der Waals surface area contributed by atoms with E-state index in [1.807, 2.05) is 13.0 Å².